The van der Waals surface area contributed by atoms with Gasteiger partial charge in [0.25, 0.3) is 5.91 Å². The summed E-state index contributed by atoms with van der Waals surface area (Å²) in [4.78, 5) is 30.6. The van der Waals surface area contributed by atoms with Gasteiger partial charge in [0, 0.05) is 17.4 Å². The first-order valence-corrected chi connectivity index (χ1v) is 12.3. The lowest BCUT2D eigenvalue weighted by Gasteiger charge is -2.18. The van der Waals surface area contributed by atoms with Gasteiger partial charge in [-0.1, -0.05) is 26.0 Å². The van der Waals surface area contributed by atoms with E-state index < -0.39 is 5.97 Å². The van der Waals surface area contributed by atoms with Gasteiger partial charge in [-0.2, -0.15) is 0 Å². The van der Waals surface area contributed by atoms with Crippen LogP contribution in [0.2, 0.25) is 0 Å². The minimum Gasteiger partial charge on any atom is -0.477 e. The largest absolute Gasteiger partial charge is 0.477 e. The van der Waals surface area contributed by atoms with E-state index in [4.69, 9.17) is 9.40 Å². The minimum absolute atomic E-state index is 0.0786. The highest BCUT2D eigenvalue weighted by Gasteiger charge is 2.38. The van der Waals surface area contributed by atoms with E-state index in [-0.39, 0.29) is 34.5 Å². The first kappa shape index (κ1) is 23.8. The molecular weight excluding hydrogens is 483 g/mol. The number of fused-ring (bicyclic) bond motifs is 1. The number of carbonyl (C=O) groups is 2. The molecule has 1 aromatic carbocycles. The molecule has 36 heavy (non-hydrogen) atoms. The summed E-state index contributed by atoms with van der Waals surface area (Å²) < 4.78 is 19.2. The second-order valence-corrected chi connectivity index (χ2v) is 10.1. The maximum absolute atomic E-state index is 13.4. The van der Waals surface area contributed by atoms with Crippen molar-refractivity contribution in [2.75, 3.05) is 0 Å². The van der Waals surface area contributed by atoms with Gasteiger partial charge in [0.2, 0.25) is 11.8 Å². The Bertz CT molecular complexity index is 1480. The Kier molecular flexibility index (Phi) is 6.13. The average Bonchev–Trinajstić information content (AvgIpc) is 3.57. The summed E-state index contributed by atoms with van der Waals surface area (Å²) in [5.41, 5.74) is 3.62. The van der Waals surface area contributed by atoms with Gasteiger partial charge in [-0.05, 0) is 48.6 Å². The predicted octanol–water partition coefficient (Wildman–Crippen LogP) is 5.23. The highest BCUT2D eigenvalue weighted by Crippen LogP contribution is 2.45. The first-order chi connectivity index (χ1) is 17.2. The van der Waals surface area contributed by atoms with Gasteiger partial charge in [0.1, 0.15) is 10.7 Å². The zero-order chi connectivity index (χ0) is 25.6. The molecule has 8 nitrogen and oxygen atoms in total. The molecule has 10 heteroatoms. The highest BCUT2D eigenvalue weighted by atomic mass is 32.1. The number of aromatic carboxylic acids is 1. The van der Waals surface area contributed by atoms with Crippen molar-refractivity contribution in [3.8, 4) is 21.9 Å². The maximum atomic E-state index is 13.4. The number of nitrogens with zero attached hydrogens (tertiary/aromatic N) is 3. The fraction of sp³-hybridized carbons (Fsp3) is 0.269. The molecule has 2 N–H and O–H groups in total. The lowest BCUT2D eigenvalue weighted by atomic mass is 9.92. The van der Waals surface area contributed by atoms with Gasteiger partial charge in [-0.3, -0.25) is 9.78 Å². The van der Waals surface area contributed by atoms with Gasteiger partial charge in [0.05, 0.1) is 28.6 Å². The number of amides is 1. The summed E-state index contributed by atoms with van der Waals surface area (Å²) in [6, 6.07) is 9.18. The number of carboxylic acid groups (broad SMARTS) is 1. The summed E-state index contributed by atoms with van der Waals surface area (Å²) in [6.45, 7) is 5.68. The van der Waals surface area contributed by atoms with Crippen LogP contribution in [0.15, 0.2) is 40.8 Å². The van der Waals surface area contributed by atoms with Crippen molar-refractivity contribution in [2.24, 2.45) is 5.92 Å². The Morgan fingerprint density at radius 2 is 1.86 bits per heavy atom. The van der Waals surface area contributed by atoms with Crippen LogP contribution in [0, 0.1) is 18.7 Å². The van der Waals surface area contributed by atoms with E-state index in [1.165, 1.54) is 18.2 Å². The zero-order valence-corrected chi connectivity index (χ0v) is 20.6. The molecule has 0 bridgehead atoms. The SMILES string of the molecule is Cc1nnc(-c2c(CCc3ccc(F)cc3)nc3c(c2-c2ccc(C(=O)O)s2)C(=O)N[C@H]3C(C)C)o1. The van der Waals surface area contributed by atoms with Gasteiger partial charge in [0.15, 0.2) is 0 Å². The molecular formula is C26H23FN4O4S. The number of nitrogens with one attached hydrogen (secondary N) is 1. The second kappa shape index (κ2) is 9.27. The molecule has 4 heterocycles. The quantitative estimate of drug-likeness (QED) is 0.352. The van der Waals surface area contributed by atoms with Gasteiger partial charge in [-0.25, -0.2) is 9.18 Å². The van der Waals surface area contributed by atoms with E-state index in [1.54, 1.807) is 25.1 Å². The number of benzene rings is 1. The third-order valence-corrected chi connectivity index (χ3v) is 7.23. The van der Waals surface area contributed by atoms with Crippen LogP contribution in [-0.4, -0.2) is 32.2 Å². The van der Waals surface area contributed by atoms with Gasteiger partial charge < -0.3 is 14.8 Å². The standard InChI is InChI=1S/C26H23FN4O4S/c1-12(2)22-23-21(24(32)29-22)20(17-10-11-18(36-17)26(33)34)19(25-31-30-13(3)35-25)16(28-23)9-6-14-4-7-15(27)8-5-14/h4-5,7-8,10-12,22H,6,9H2,1-3H3,(H,29,32)(H,33,34)/t22-/m0/s1. The summed E-state index contributed by atoms with van der Waals surface area (Å²) in [5.74, 6) is -1.00. The summed E-state index contributed by atoms with van der Waals surface area (Å²) in [5, 5.41) is 20.8. The molecule has 4 aromatic rings. The Morgan fingerprint density at radius 3 is 2.47 bits per heavy atom. The molecule has 1 aliphatic heterocycles. The Balaban J connectivity index is 1.76. The number of carboxylic acids is 1. The van der Waals surface area contributed by atoms with E-state index in [0.717, 1.165) is 16.9 Å². The highest BCUT2D eigenvalue weighted by molar-refractivity contribution is 7.17. The monoisotopic (exact) mass is 506 g/mol. The molecule has 0 saturated heterocycles. The lowest BCUT2D eigenvalue weighted by Crippen LogP contribution is -2.23. The maximum Gasteiger partial charge on any atom is 0.345 e. The van der Waals surface area contributed by atoms with Crippen LogP contribution < -0.4 is 5.32 Å². The van der Waals surface area contributed by atoms with Crippen molar-refractivity contribution in [3.05, 3.63) is 75.5 Å². The topological polar surface area (TPSA) is 118 Å². The molecule has 1 aliphatic rings. The molecule has 5 rings (SSSR count). The number of aromatic nitrogens is 3. The van der Waals surface area contributed by atoms with Crippen LogP contribution in [0.5, 0.6) is 0 Å². The molecule has 0 radical (unpaired) electrons. The number of hydrogen-bond acceptors (Lipinski definition) is 7. The van der Waals surface area contributed by atoms with Crippen molar-refractivity contribution in [2.45, 2.75) is 39.7 Å². The third kappa shape index (κ3) is 4.28. The fourth-order valence-electron chi connectivity index (χ4n) is 4.43. The molecule has 3 aromatic heterocycles. The average molecular weight is 507 g/mol. The lowest BCUT2D eigenvalue weighted by molar-refractivity contribution is 0.0702. The summed E-state index contributed by atoms with van der Waals surface area (Å²) in [7, 11) is 0. The van der Waals surface area contributed by atoms with Gasteiger partial charge >= 0.3 is 5.97 Å². The van der Waals surface area contributed by atoms with Crippen LogP contribution in [0.1, 0.15) is 62.8 Å². The zero-order valence-electron chi connectivity index (χ0n) is 19.8. The smallest absolute Gasteiger partial charge is 0.345 e. The van der Waals surface area contributed by atoms with E-state index in [1.807, 2.05) is 13.8 Å². The second-order valence-electron chi connectivity index (χ2n) is 8.99. The molecule has 184 valence electrons. The number of aryl methyl sites for hydroxylation is 3. The molecule has 0 spiro atoms. The molecule has 1 atom stereocenters. The molecule has 1 amide bonds. The Labute approximate surface area is 210 Å². The van der Waals surface area contributed by atoms with Crippen molar-refractivity contribution in [1.29, 1.82) is 0 Å². The summed E-state index contributed by atoms with van der Waals surface area (Å²) >= 11 is 1.07. The van der Waals surface area contributed by atoms with Crippen LogP contribution in [-0.2, 0) is 12.8 Å². The van der Waals surface area contributed by atoms with E-state index in [0.29, 0.717) is 51.7 Å². The van der Waals surface area contributed by atoms with Crippen molar-refractivity contribution in [3.63, 3.8) is 0 Å². The van der Waals surface area contributed by atoms with E-state index in [9.17, 15) is 19.1 Å². The fourth-order valence-corrected chi connectivity index (χ4v) is 5.33. The Hall–Kier alpha value is -3.92. The van der Waals surface area contributed by atoms with Crippen LogP contribution in [0.25, 0.3) is 21.9 Å². The van der Waals surface area contributed by atoms with Crippen molar-refractivity contribution in [1.82, 2.24) is 20.5 Å². The molecule has 0 aliphatic carbocycles. The van der Waals surface area contributed by atoms with Crippen molar-refractivity contribution < 1.29 is 23.5 Å². The Morgan fingerprint density at radius 1 is 1.11 bits per heavy atom. The van der Waals surface area contributed by atoms with Crippen molar-refractivity contribution >= 4 is 23.2 Å². The number of carbonyl (C=O) groups excluding carboxylic acids is 1. The third-order valence-electron chi connectivity index (χ3n) is 6.14. The molecule has 0 saturated carbocycles. The van der Waals surface area contributed by atoms with E-state index in [2.05, 4.69) is 15.5 Å². The van der Waals surface area contributed by atoms with Gasteiger partial charge in [-0.15, -0.1) is 21.5 Å². The molecule has 0 fully saturated rings. The normalized spacial score (nSPS) is 14.8. The number of rotatable bonds is 7. The van der Waals surface area contributed by atoms with Crippen LogP contribution in [0.4, 0.5) is 4.39 Å². The van der Waals surface area contributed by atoms with E-state index >= 15 is 0 Å². The van der Waals surface area contributed by atoms with Crippen LogP contribution in [0.3, 0.4) is 0 Å². The number of thiophene rings is 1. The minimum atomic E-state index is -1.05. The number of hydrogen-bond donors (Lipinski definition) is 2. The number of halogens is 1. The summed E-state index contributed by atoms with van der Waals surface area (Å²) in [6.07, 6.45) is 1.02. The molecule has 0 unspecified atom stereocenters. The predicted molar refractivity (Wildman–Crippen MR) is 131 cm³/mol. The number of pyridine rings is 1. The first-order valence-electron chi connectivity index (χ1n) is 11.5. The van der Waals surface area contributed by atoms with Crippen LogP contribution >= 0.6 is 11.3 Å².